The van der Waals surface area contributed by atoms with Crippen LogP contribution in [-0.4, -0.2) is 28.2 Å². The van der Waals surface area contributed by atoms with Crippen LogP contribution in [0.2, 0.25) is 0 Å². The van der Waals surface area contributed by atoms with Crippen LogP contribution in [0.3, 0.4) is 0 Å². The van der Waals surface area contributed by atoms with Crippen LogP contribution < -0.4 is 10.6 Å². The van der Waals surface area contributed by atoms with Crippen molar-refractivity contribution in [3.63, 3.8) is 0 Å². The summed E-state index contributed by atoms with van der Waals surface area (Å²) >= 11 is 0. The lowest BCUT2D eigenvalue weighted by Crippen LogP contribution is -2.39. The molecule has 0 aliphatic rings. The molecule has 0 aliphatic carbocycles. The van der Waals surface area contributed by atoms with Crippen molar-refractivity contribution >= 4 is 6.09 Å². The van der Waals surface area contributed by atoms with E-state index in [-0.39, 0.29) is 6.04 Å². The van der Waals surface area contributed by atoms with Gasteiger partial charge in [0.15, 0.2) is 0 Å². The molecule has 6 heteroatoms. The molecule has 0 spiro atoms. The Morgan fingerprint density at radius 3 is 2.58 bits per heavy atom. The average Bonchev–Trinajstić information content (AvgIpc) is 2.91. The highest BCUT2D eigenvalue weighted by Crippen LogP contribution is 2.14. The predicted octanol–water partition coefficient (Wildman–Crippen LogP) is 3.07. The Morgan fingerprint density at radius 2 is 2.00 bits per heavy atom. The van der Waals surface area contributed by atoms with Crippen molar-refractivity contribution in [3.8, 4) is 0 Å². The lowest BCUT2D eigenvalue weighted by molar-refractivity contribution is 0.0503. The van der Waals surface area contributed by atoms with Gasteiger partial charge in [-0.1, -0.05) is 30.3 Å². The van der Waals surface area contributed by atoms with Crippen molar-refractivity contribution in [2.45, 2.75) is 45.9 Å². The van der Waals surface area contributed by atoms with Crippen molar-refractivity contribution in [1.29, 1.82) is 0 Å². The fourth-order valence-electron chi connectivity index (χ4n) is 2.30. The van der Waals surface area contributed by atoms with Crippen molar-refractivity contribution in [1.82, 2.24) is 20.6 Å². The van der Waals surface area contributed by atoms with Crippen LogP contribution in [-0.2, 0) is 11.3 Å². The van der Waals surface area contributed by atoms with Crippen LogP contribution in [0.25, 0.3) is 0 Å². The first-order chi connectivity index (χ1) is 11.3. The molecule has 0 saturated heterocycles. The summed E-state index contributed by atoms with van der Waals surface area (Å²) in [5.74, 6) is 0.887. The summed E-state index contributed by atoms with van der Waals surface area (Å²) in [4.78, 5) is 19.5. The van der Waals surface area contributed by atoms with Gasteiger partial charge in [-0.3, -0.25) is 0 Å². The Morgan fingerprint density at radius 1 is 1.29 bits per heavy atom. The number of aromatic nitrogens is 2. The van der Waals surface area contributed by atoms with E-state index in [1.54, 1.807) is 6.20 Å². The maximum Gasteiger partial charge on any atom is 0.408 e. The third-order valence-electron chi connectivity index (χ3n) is 3.31. The van der Waals surface area contributed by atoms with Crippen molar-refractivity contribution in [2.24, 2.45) is 0 Å². The number of hydrogen-bond acceptors (Lipinski definition) is 4. The second kappa shape index (κ2) is 7.97. The van der Waals surface area contributed by atoms with E-state index in [9.17, 15) is 4.79 Å². The maximum absolute atomic E-state index is 12.1. The van der Waals surface area contributed by atoms with Gasteiger partial charge in [-0.25, -0.2) is 9.78 Å². The number of imidazole rings is 1. The second-order valence-corrected chi connectivity index (χ2v) is 6.73. The Balaban J connectivity index is 1.96. The Hall–Kier alpha value is -2.34. The number of H-pyrrole nitrogens is 1. The summed E-state index contributed by atoms with van der Waals surface area (Å²) < 4.78 is 5.36. The molecule has 0 saturated carbocycles. The SMILES string of the molecule is Cc1ncc(CNCC(NC(=O)OC(C)(C)C)c2ccccc2)[nH]1. The van der Waals surface area contributed by atoms with Gasteiger partial charge in [0, 0.05) is 25.0 Å². The second-order valence-electron chi connectivity index (χ2n) is 6.73. The third kappa shape index (κ3) is 6.04. The number of hydrogen-bond donors (Lipinski definition) is 3. The maximum atomic E-state index is 12.1. The number of benzene rings is 1. The van der Waals surface area contributed by atoms with Gasteiger partial charge in [0.2, 0.25) is 0 Å². The molecule has 24 heavy (non-hydrogen) atoms. The van der Waals surface area contributed by atoms with E-state index in [1.807, 2.05) is 58.0 Å². The quantitative estimate of drug-likeness (QED) is 0.760. The largest absolute Gasteiger partial charge is 0.444 e. The number of rotatable bonds is 6. The first-order valence-corrected chi connectivity index (χ1v) is 8.09. The molecular weight excluding hydrogens is 304 g/mol. The normalized spacial score (nSPS) is 12.7. The highest BCUT2D eigenvalue weighted by Gasteiger charge is 2.20. The van der Waals surface area contributed by atoms with Crippen molar-refractivity contribution < 1.29 is 9.53 Å². The smallest absolute Gasteiger partial charge is 0.408 e. The van der Waals surface area contributed by atoms with Gasteiger partial charge in [0.1, 0.15) is 11.4 Å². The fourth-order valence-corrected chi connectivity index (χ4v) is 2.30. The minimum absolute atomic E-state index is 0.176. The molecule has 2 aromatic rings. The molecule has 1 amide bonds. The van der Waals surface area contributed by atoms with Gasteiger partial charge in [0.05, 0.1) is 6.04 Å². The molecule has 1 aromatic heterocycles. The number of nitrogens with one attached hydrogen (secondary N) is 3. The lowest BCUT2D eigenvalue weighted by Gasteiger charge is -2.24. The summed E-state index contributed by atoms with van der Waals surface area (Å²) in [7, 11) is 0. The molecule has 6 nitrogen and oxygen atoms in total. The number of ether oxygens (including phenoxy) is 1. The topological polar surface area (TPSA) is 79.0 Å². The Kier molecular flexibility index (Phi) is 5.98. The molecule has 0 bridgehead atoms. The number of amides is 1. The van der Waals surface area contributed by atoms with Crippen LogP contribution in [0.1, 0.15) is 43.9 Å². The van der Waals surface area contributed by atoms with Crippen LogP contribution in [0.5, 0.6) is 0 Å². The molecule has 130 valence electrons. The molecule has 3 N–H and O–H groups in total. The highest BCUT2D eigenvalue weighted by molar-refractivity contribution is 5.68. The van der Waals surface area contributed by atoms with E-state index in [1.165, 1.54) is 0 Å². The number of carbonyl (C=O) groups excluding carboxylic acids is 1. The molecule has 1 heterocycles. The molecule has 1 atom stereocenters. The van der Waals surface area contributed by atoms with Crippen LogP contribution >= 0.6 is 0 Å². The zero-order chi connectivity index (χ0) is 17.6. The predicted molar refractivity (Wildman–Crippen MR) is 93.6 cm³/mol. The van der Waals surface area contributed by atoms with Crippen LogP contribution in [0, 0.1) is 6.92 Å². The number of aryl methyl sites for hydroxylation is 1. The summed E-state index contributed by atoms with van der Waals surface area (Å²) in [5, 5.41) is 6.27. The minimum Gasteiger partial charge on any atom is -0.444 e. The van der Waals surface area contributed by atoms with Gasteiger partial charge in [-0.15, -0.1) is 0 Å². The Bertz CT molecular complexity index is 647. The van der Waals surface area contributed by atoms with Crippen molar-refractivity contribution in [2.75, 3.05) is 6.54 Å². The van der Waals surface area contributed by atoms with E-state index in [0.717, 1.165) is 17.1 Å². The molecule has 0 radical (unpaired) electrons. The monoisotopic (exact) mass is 330 g/mol. The van der Waals surface area contributed by atoms with Gasteiger partial charge >= 0.3 is 6.09 Å². The van der Waals surface area contributed by atoms with E-state index in [4.69, 9.17) is 4.74 Å². The molecule has 1 aromatic carbocycles. The summed E-state index contributed by atoms with van der Waals surface area (Å²) in [5.41, 5.74) is 1.51. The van der Waals surface area contributed by atoms with Gasteiger partial charge < -0.3 is 20.4 Å². The number of alkyl carbamates (subject to hydrolysis) is 1. The number of carbonyl (C=O) groups is 1. The average molecular weight is 330 g/mol. The van der Waals surface area contributed by atoms with Gasteiger partial charge in [-0.2, -0.15) is 0 Å². The summed E-state index contributed by atoms with van der Waals surface area (Å²) in [6.07, 6.45) is 1.39. The first kappa shape index (κ1) is 18.0. The fraction of sp³-hybridized carbons (Fsp3) is 0.444. The zero-order valence-corrected chi connectivity index (χ0v) is 14.7. The summed E-state index contributed by atoms with van der Waals surface area (Å²) in [6.45, 7) is 8.70. The van der Waals surface area contributed by atoms with E-state index >= 15 is 0 Å². The summed E-state index contributed by atoms with van der Waals surface area (Å²) in [6, 6.07) is 9.67. The van der Waals surface area contributed by atoms with Gasteiger partial charge in [-0.05, 0) is 33.3 Å². The van der Waals surface area contributed by atoms with E-state index < -0.39 is 11.7 Å². The number of nitrogens with zero attached hydrogens (tertiary/aromatic N) is 1. The molecule has 0 aliphatic heterocycles. The third-order valence-corrected chi connectivity index (χ3v) is 3.31. The first-order valence-electron chi connectivity index (χ1n) is 8.09. The molecular formula is C18H26N4O2. The highest BCUT2D eigenvalue weighted by atomic mass is 16.6. The Labute approximate surface area is 143 Å². The van der Waals surface area contributed by atoms with Crippen LogP contribution in [0.4, 0.5) is 4.79 Å². The van der Waals surface area contributed by atoms with Crippen molar-refractivity contribution in [3.05, 3.63) is 53.6 Å². The number of aromatic amines is 1. The van der Waals surface area contributed by atoms with E-state index in [0.29, 0.717) is 13.1 Å². The minimum atomic E-state index is -0.522. The van der Waals surface area contributed by atoms with E-state index in [2.05, 4.69) is 20.6 Å². The standard InChI is InChI=1S/C18H26N4O2/c1-13-20-11-15(21-13)10-19-12-16(14-8-6-5-7-9-14)22-17(23)24-18(2,3)4/h5-9,11,16,19H,10,12H2,1-4H3,(H,20,21)(H,22,23). The van der Waals surface area contributed by atoms with Crippen LogP contribution in [0.15, 0.2) is 36.5 Å². The van der Waals surface area contributed by atoms with Gasteiger partial charge in [0.25, 0.3) is 0 Å². The lowest BCUT2D eigenvalue weighted by atomic mass is 10.1. The molecule has 0 fully saturated rings. The zero-order valence-electron chi connectivity index (χ0n) is 14.7. The molecule has 1 unspecified atom stereocenters. The molecule has 2 rings (SSSR count).